The molecule has 236 valence electrons. The quantitative estimate of drug-likeness (QED) is 0.275. The van der Waals surface area contributed by atoms with Gasteiger partial charge in [0.25, 0.3) is 10.0 Å². The second-order valence-corrected chi connectivity index (χ2v) is 12.5. The minimum absolute atomic E-state index is 0.00500. The lowest BCUT2D eigenvalue weighted by Gasteiger charge is -2.34. The number of anilines is 1. The lowest BCUT2D eigenvalue weighted by molar-refractivity contribution is -0.140. The molecule has 0 spiro atoms. The standard InChI is InChI=1S/C33H41N3O7S/c1-5-29(33(38)34-25-11-9-10-12-25)35(22-24-15-17-26(41-2)18-16-24)32(37)23-36(44(39,40)28-13-7-6-8-14-28)30-21-27(42-3)19-20-31(30)43-4/h6-8,13-21,25,29H,5,9-12,22-23H2,1-4H3,(H,34,38)/t29-/m1/s1. The molecule has 4 rings (SSSR count). The highest BCUT2D eigenvalue weighted by Gasteiger charge is 2.35. The Bertz CT molecular complexity index is 1510. The molecule has 2 amide bonds. The van der Waals surface area contributed by atoms with Gasteiger partial charge in [0.2, 0.25) is 11.8 Å². The summed E-state index contributed by atoms with van der Waals surface area (Å²) >= 11 is 0. The first kappa shape index (κ1) is 32.7. The summed E-state index contributed by atoms with van der Waals surface area (Å²) in [5.74, 6) is 0.490. The Kier molecular flexibility index (Phi) is 11.1. The van der Waals surface area contributed by atoms with E-state index in [0.717, 1.165) is 35.6 Å². The molecular weight excluding hydrogens is 582 g/mol. The highest BCUT2D eigenvalue weighted by Crippen LogP contribution is 2.36. The number of carbonyl (C=O) groups is 2. The van der Waals surface area contributed by atoms with Gasteiger partial charge >= 0.3 is 0 Å². The molecule has 1 atom stereocenters. The van der Waals surface area contributed by atoms with Crippen molar-refractivity contribution >= 4 is 27.5 Å². The summed E-state index contributed by atoms with van der Waals surface area (Å²) in [5, 5.41) is 3.12. The van der Waals surface area contributed by atoms with E-state index in [1.807, 2.05) is 19.1 Å². The number of nitrogens with zero attached hydrogens (tertiary/aromatic N) is 2. The fourth-order valence-electron chi connectivity index (χ4n) is 5.44. The second kappa shape index (κ2) is 15.0. The topological polar surface area (TPSA) is 114 Å². The fraction of sp³-hybridized carbons (Fsp3) is 0.394. The number of amides is 2. The molecule has 1 N–H and O–H groups in total. The Morgan fingerprint density at radius 3 is 2.11 bits per heavy atom. The van der Waals surface area contributed by atoms with Crippen LogP contribution in [0.3, 0.4) is 0 Å². The van der Waals surface area contributed by atoms with Gasteiger partial charge in [-0.2, -0.15) is 0 Å². The number of methoxy groups -OCH3 is 3. The van der Waals surface area contributed by atoms with E-state index in [1.165, 1.54) is 37.3 Å². The van der Waals surface area contributed by atoms with Gasteiger partial charge in [0.05, 0.1) is 31.9 Å². The highest BCUT2D eigenvalue weighted by molar-refractivity contribution is 7.92. The van der Waals surface area contributed by atoms with Crippen LogP contribution in [0.25, 0.3) is 0 Å². The highest BCUT2D eigenvalue weighted by atomic mass is 32.2. The third-order valence-corrected chi connectivity index (χ3v) is 9.64. The number of nitrogens with one attached hydrogen (secondary N) is 1. The van der Waals surface area contributed by atoms with Gasteiger partial charge in [-0.3, -0.25) is 13.9 Å². The van der Waals surface area contributed by atoms with E-state index in [4.69, 9.17) is 14.2 Å². The van der Waals surface area contributed by atoms with Gasteiger partial charge in [0, 0.05) is 18.7 Å². The van der Waals surface area contributed by atoms with Crippen molar-refractivity contribution in [3.05, 3.63) is 78.4 Å². The van der Waals surface area contributed by atoms with Crippen molar-refractivity contribution in [1.29, 1.82) is 0 Å². The van der Waals surface area contributed by atoms with Crippen LogP contribution in [0.15, 0.2) is 77.7 Å². The summed E-state index contributed by atoms with van der Waals surface area (Å²) in [7, 11) is 0.207. The molecule has 10 nitrogen and oxygen atoms in total. The minimum Gasteiger partial charge on any atom is -0.497 e. The van der Waals surface area contributed by atoms with E-state index in [1.54, 1.807) is 49.6 Å². The molecule has 0 heterocycles. The number of hydrogen-bond acceptors (Lipinski definition) is 7. The van der Waals surface area contributed by atoms with Gasteiger partial charge in [-0.05, 0) is 61.2 Å². The van der Waals surface area contributed by atoms with Crippen LogP contribution >= 0.6 is 0 Å². The molecule has 0 unspecified atom stereocenters. The van der Waals surface area contributed by atoms with Crippen molar-refractivity contribution in [3.8, 4) is 17.2 Å². The summed E-state index contributed by atoms with van der Waals surface area (Å²) in [6.45, 7) is 1.36. The molecule has 1 fully saturated rings. The zero-order valence-corrected chi connectivity index (χ0v) is 26.5. The number of rotatable bonds is 14. The summed E-state index contributed by atoms with van der Waals surface area (Å²) in [6.07, 6.45) is 4.23. The molecule has 1 aliphatic carbocycles. The predicted molar refractivity (Wildman–Crippen MR) is 169 cm³/mol. The molecule has 1 aliphatic rings. The summed E-state index contributed by atoms with van der Waals surface area (Å²) < 4.78 is 45.5. The first-order chi connectivity index (χ1) is 21.2. The minimum atomic E-state index is -4.26. The lowest BCUT2D eigenvalue weighted by Crippen LogP contribution is -2.53. The van der Waals surface area contributed by atoms with Gasteiger partial charge in [-0.15, -0.1) is 0 Å². The van der Waals surface area contributed by atoms with E-state index >= 15 is 0 Å². The van der Waals surface area contributed by atoms with E-state index < -0.39 is 28.5 Å². The molecule has 11 heteroatoms. The van der Waals surface area contributed by atoms with Crippen molar-refractivity contribution in [3.63, 3.8) is 0 Å². The Balaban J connectivity index is 1.77. The molecule has 0 bridgehead atoms. The first-order valence-electron chi connectivity index (χ1n) is 14.7. The Hall–Kier alpha value is -4.25. The third-order valence-electron chi connectivity index (χ3n) is 7.86. The predicted octanol–water partition coefficient (Wildman–Crippen LogP) is 4.77. The van der Waals surface area contributed by atoms with Crippen LogP contribution in [0.5, 0.6) is 17.2 Å². The molecule has 0 saturated heterocycles. The molecule has 0 aromatic heterocycles. The summed E-state index contributed by atoms with van der Waals surface area (Å²) in [4.78, 5) is 29.5. The molecule has 3 aromatic rings. The largest absolute Gasteiger partial charge is 0.497 e. The summed E-state index contributed by atoms with van der Waals surface area (Å²) in [5.41, 5.74) is 0.902. The fourth-order valence-corrected chi connectivity index (χ4v) is 6.88. The van der Waals surface area contributed by atoms with E-state index in [9.17, 15) is 18.0 Å². The Morgan fingerprint density at radius 2 is 1.52 bits per heavy atom. The van der Waals surface area contributed by atoms with Crippen LogP contribution in [0.2, 0.25) is 0 Å². The van der Waals surface area contributed by atoms with Crippen molar-refractivity contribution in [2.75, 3.05) is 32.2 Å². The van der Waals surface area contributed by atoms with Gasteiger partial charge < -0.3 is 24.4 Å². The number of benzene rings is 3. The lowest BCUT2D eigenvalue weighted by atomic mass is 10.1. The normalized spacial score (nSPS) is 14.0. The molecule has 44 heavy (non-hydrogen) atoms. The van der Waals surface area contributed by atoms with Crippen molar-refractivity contribution < 1.29 is 32.2 Å². The number of carbonyl (C=O) groups excluding carboxylic acids is 2. The molecule has 0 radical (unpaired) electrons. The van der Waals surface area contributed by atoms with Crippen molar-refractivity contribution in [1.82, 2.24) is 10.2 Å². The number of ether oxygens (including phenoxy) is 3. The van der Waals surface area contributed by atoms with E-state index in [-0.39, 0.29) is 34.8 Å². The maximum atomic E-state index is 14.4. The molecule has 1 saturated carbocycles. The summed E-state index contributed by atoms with van der Waals surface area (Å²) in [6, 6.07) is 19.1. The van der Waals surface area contributed by atoms with E-state index in [2.05, 4.69) is 5.32 Å². The maximum absolute atomic E-state index is 14.4. The maximum Gasteiger partial charge on any atom is 0.264 e. The van der Waals surface area contributed by atoms with Crippen LogP contribution in [-0.2, 0) is 26.2 Å². The van der Waals surface area contributed by atoms with Crippen LogP contribution in [0.4, 0.5) is 5.69 Å². The van der Waals surface area contributed by atoms with E-state index in [0.29, 0.717) is 17.9 Å². The molecular formula is C33H41N3O7S. The molecule has 3 aromatic carbocycles. The van der Waals surface area contributed by atoms with Crippen LogP contribution in [0, 0.1) is 0 Å². The van der Waals surface area contributed by atoms with Gasteiger partial charge in [-0.25, -0.2) is 8.42 Å². The monoisotopic (exact) mass is 623 g/mol. The van der Waals surface area contributed by atoms with Gasteiger partial charge in [0.1, 0.15) is 29.8 Å². The van der Waals surface area contributed by atoms with Gasteiger partial charge in [-0.1, -0.05) is 50.1 Å². The van der Waals surface area contributed by atoms with Crippen LogP contribution in [-0.4, -0.2) is 65.1 Å². The van der Waals surface area contributed by atoms with Crippen LogP contribution < -0.4 is 23.8 Å². The SMILES string of the molecule is CC[C@H](C(=O)NC1CCCC1)N(Cc1ccc(OC)cc1)C(=O)CN(c1cc(OC)ccc1OC)S(=O)(=O)c1ccccc1. The third kappa shape index (κ3) is 7.63. The van der Waals surface area contributed by atoms with Gasteiger partial charge in [0.15, 0.2) is 0 Å². The average molecular weight is 624 g/mol. The van der Waals surface area contributed by atoms with Crippen LogP contribution in [0.1, 0.15) is 44.6 Å². The molecule has 0 aliphatic heterocycles. The second-order valence-electron chi connectivity index (χ2n) is 10.6. The van der Waals surface area contributed by atoms with Crippen molar-refractivity contribution in [2.45, 2.75) is 62.6 Å². The zero-order chi connectivity index (χ0) is 31.7. The number of hydrogen-bond donors (Lipinski definition) is 1. The first-order valence-corrected chi connectivity index (χ1v) is 16.2. The smallest absolute Gasteiger partial charge is 0.264 e. The number of sulfonamides is 1. The zero-order valence-electron chi connectivity index (χ0n) is 25.7. The van der Waals surface area contributed by atoms with Crippen molar-refractivity contribution in [2.24, 2.45) is 0 Å². The Labute approximate surface area is 260 Å². The average Bonchev–Trinajstić information content (AvgIpc) is 3.56. The Morgan fingerprint density at radius 1 is 0.886 bits per heavy atom.